The lowest BCUT2D eigenvalue weighted by atomic mass is 10.1. The first-order chi connectivity index (χ1) is 13.6. The second kappa shape index (κ2) is 7.87. The van der Waals surface area contributed by atoms with Gasteiger partial charge in [-0.2, -0.15) is 0 Å². The first-order valence-corrected chi connectivity index (χ1v) is 9.61. The van der Waals surface area contributed by atoms with E-state index in [1.165, 1.54) is 11.1 Å². The number of aliphatic hydroxyl groups is 1. The van der Waals surface area contributed by atoms with Crippen LogP contribution in [0.15, 0.2) is 72.9 Å². The molecule has 0 aliphatic rings. The normalized spacial score (nSPS) is 12.2. The van der Waals surface area contributed by atoms with Gasteiger partial charge in [-0.15, -0.1) is 0 Å². The van der Waals surface area contributed by atoms with Gasteiger partial charge in [-0.3, -0.25) is 0 Å². The number of fused-ring (bicyclic) bond motifs is 1. The second-order valence-corrected chi connectivity index (χ2v) is 7.22. The van der Waals surface area contributed by atoms with E-state index >= 15 is 0 Å². The van der Waals surface area contributed by atoms with E-state index in [0.717, 1.165) is 41.1 Å². The van der Waals surface area contributed by atoms with Crippen LogP contribution in [0.2, 0.25) is 0 Å². The zero-order valence-electron chi connectivity index (χ0n) is 16.3. The molecule has 2 aromatic carbocycles. The summed E-state index contributed by atoms with van der Waals surface area (Å²) in [5, 5.41) is 11.3. The van der Waals surface area contributed by atoms with Crippen LogP contribution in [0, 0.1) is 6.92 Å². The number of nitrogens with one attached hydrogen (secondary N) is 1. The van der Waals surface area contributed by atoms with E-state index in [1.54, 1.807) is 6.92 Å². The fourth-order valence-electron chi connectivity index (χ4n) is 3.85. The molecule has 0 aliphatic carbocycles. The van der Waals surface area contributed by atoms with Gasteiger partial charge in [0.15, 0.2) is 5.82 Å². The van der Waals surface area contributed by atoms with E-state index < -0.39 is 6.10 Å². The van der Waals surface area contributed by atoms with E-state index in [4.69, 9.17) is 4.98 Å². The van der Waals surface area contributed by atoms with Gasteiger partial charge in [-0.1, -0.05) is 60.7 Å². The van der Waals surface area contributed by atoms with Crippen LogP contribution in [0.25, 0.3) is 10.9 Å². The highest BCUT2D eigenvalue weighted by Crippen LogP contribution is 2.33. The Morgan fingerprint density at radius 1 is 0.929 bits per heavy atom. The molecule has 1 atom stereocenters. The predicted octanol–water partition coefficient (Wildman–Crippen LogP) is 5.13. The summed E-state index contributed by atoms with van der Waals surface area (Å²) in [6.07, 6.45) is 1.31. The third-order valence-electron chi connectivity index (χ3n) is 5.09. The third kappa shape index (κ3) is 3.64. The summed E-state index contributed by atoms with van der Waals surface area (Å²) in [5.41, 5.74) is 5.37. The Morgan fingerprint density at radius 2 is 1.50 bits per heavy atom. The lowest BCUT2D eigenvalue weighted by Crippen LogP contribution is -2.23. The van der Waals surface area contributed by atoms with Gasteiger partial charge in [0.05, 0.1) is 11.6 Å². The molecule has 2 aromatic heterocycles. The summed E-state index contributed by atoms with van der Waals surface area (Å²) in [4.78, 5) is 10.5. The Kier molecular flexibility index (Phi) is 5.13. The molecule has 4 heteroatoms. The van der Waals surface area contributed by atoms with Crippen molar-refractivity contribution in [3.05, 3.63) is 95.3 Å². The smallest absolute Gasteiger partial charge is 0.153 e. The maximum absolute atomic E-state index is 10.2. The first-order valence-electron chi connectivity index (χ1n) is 9.61. The summed E-state index contributed by atoms with van der Waals surface area (Å²) < 4.78 is 0. The summed E-state index contributed by atoms with van der Waals surface area (Å²) in [7, 11) is 0. The van der Waals surface area contributed by atoms with E-state index in [-0.39, 0.29) is 0 Å². The Morgan fingerprint density at radius 3 is 2.04 bits per heavy atom. The van der Waals surface area contributed by atoms with Crippen molar-refractivity contribution in [2.75, 3.05) is 4.90 Å². The van der Waals surface area contributed by atoms with Crippen molar-refractivity contribution in [2.24, 2.45) is 0 Å². The molecule has 142 valence electrons. The predicted molar refractivity (Wildman–Crippen MR) is 114 cm³/mol. The monoisotopic (exact) mass is 371 g/mol. The third-order valence-corrected chi connectivity index (χ3v) is 5.09. The van der Waals surface area contributed by atoms with Crippen molar-refractivity contribution in [2.45, 2.75) is 33.0 Å². The van der Waals surface area contributed by atoms with Crippen molar-refractivity contribution in [1.29, 1.82) is 0 Å². The topological polar surface area (TPSA) is 52.2 Å². The maximum atomic E-state index is 10.2. The molecule has 0 aliphatic heterocycles. The molecule has 28 heavy (non-hydrogen) atoms. The molecular weight excluding hydrogens is 346 g/mol. The minimum atomic E-state index is -0.527. The van der Waals surface area contributed by atoms with Gasteiger partial charge in [0.25, 0.3) is 0 Å². The molecule has 0 saturated heterocycles. The maximum Gasteiger partial charge on any atom is 0.153 e. The molecule has 4 rings (SSSR count). The lowest BCUT2D eigenvalue weighted by Gasteiger charge is -2.25. The minimum Gasteiger partial charge on any atom is -0.389 e. The van der Waals surface area contributed by atoms with Crippen LogP contribution < -0.4 is 4.90 Å². The van der Waals surface area contributed by atoms with Gasteiger partial charge in [-0.05, 0) is 31.0 Å². The van der Waals surface area contributed by atoms with Crippen LogP contribution in [0.1, 0.15) is 35.4 Å². The molecule has 0 saturated carbocycles. The average Bonchev–Trinajstić information content (AvgIpc) is 3.05. The van der Waals surface area contributed by atoms with Crippen molar-refractivity contribution in [3.63, 3.8) is 0 Å². The average molecular weight is 371 g/mol. The highest BCUT2D eigenvalue weighted by Gasteiger charge is 2.19. The summed E-state index contributed by atoms with van der Waals surface area (Å²) in [6, 6.07) is 22.9. The Labute approximate surface area is 165 Å². The van der Waals surface area contributed by atoms with Crippen LogP contribution in [0.3, 0.4) is 0 Å². The van der Waals surface area contributed by atoms with Crippen LogP contribution in [-0.4, -0.2) is 15.1 Å². The first kappa shape index (κ1) is 18.3. The molecular formula is C24H25N3O. The summed E-state index contributed by atoms with van der Waals surface area (Å²) in [5.74, 6) is 0.903. The molecule has 0 bridgehead atoms. The van der Waals surface area contributed by atoms with Crippen molar-refractivity contribution >= 4 is 16.7 Å². The number of aromatic amines is 1. The number of benzene rings is 2. The van der Waals surface area contributed by atoms with E-state index in [0.29, 0.717) is 0 Å². The number of hydrogen-bond donors (Lipinski definition) is 2. The van der Waals surface area contributed by atoms with Gasteiger partial charge >= 0.3 is 0 Å². The van der Waals surface area contributed by atoms with Crippen molar-refractivity contribution < 1.29 is 5.11 Å². The van der Waals surface area contributed by atoms with Crippen molar-refractivity contribution in [1.82, 2.24) is 9.97 Å². The second-order valence-electron chi connectivity index (χ2n) is 7.22. The molecule has 1 unspecified atom stereocenters. The fourth-order valence-corrected chi connectivity index (χ4v) is 3.85. The molecule has 4 nitrogen and oxygen atoms in total. The highest BCUT2D eigenvalue weighted by atomic mass is 16.3. The molecule has 0 spiro atoms. The quantitative estimate of drug-likeness (QED) is 0.494. The number of nitrogens with zero attached hydrogens (tertiary/aromatic N) is 2. The van der Waals surface area contributed by atoms with Crippen LogP contribution in [0.4, 0.5) is 5.82 Å². The van der Waals surface area contributed by atoms with Crippen LogP contribution in [0.5, 0.6) is 0 Å². The number of anilines is 1. The Balaban J connectivity index is 1.80. The standard InChI is InChI=1S/C24H25N3O/c1-17-22(18(2)28)21-13-14-25-24(23(21)26-17)27(15-19-9-5-3-6-10-19)16-20-11-7-4-8-12-20/h3-14,18,26,28H,15-16H2,1-2H3. The Hall–Kier alpha value is -3.11. The van der Waals surface area contributed by atoms with E-state index in [9.17, 15) is 5.11 Å². The summed E-state index contributed by atoms with van der Waals surface area (Å²) in [6.45, 7) is 5.32. The molecule has 2 N–H and O–H groups in total. The van der Waals surface area contributed by atoms with Crippen LogP contribution >= 0.6 is 0 Å². The Bertz CT molecular complexity index is 1010. The van der Waals surface area contributed by atoms with Gasteiger partial charge in [-0.25, -0.2) is 4.98 Å². The van der Waals surface area contributed by atoms with Gasteiger partial charge in [0, 0.05) is 35.9 Å². The number of aryl methyl sites for hydroxylation is 1. The number of hydrogen-bond acceptors (Lipinski definition) is 3. The minimum absolute atomic E-state index is 0.527. The fraction of sp³-hybridized carbons (Fsp3) is 0.208. The number of aromatic nitrogens is 2. The molecule has 4 aromatic rings. The SMILES string of the molecule is Cc1[nH]c2c(N(Cc3ccccc3)Cc3ccccc3)nccc2c1C(C)O. The molecule has 0 amide bonds. The number of H-pyrrole nitrogens is 1. The zero-order chi connectivity index (χ0) is 19.5. The lowest BCUT2D eigenvalue weighted by molar-refractivity contribution is 0.200. The number of pyridine rings is 1. The van der Waals surface area contributed by atoms with Gasteiger partial charge in [0.1, 0.15) is 0 Å². The number of rotatable bonds is 6. The molecule has 0 fully saturated rings. The highest BCUT2D eigenvalue weighted by molar-refractivity contribution is 5.93. The van der Waals surface area contributed by atoms with Crippen LogP contribution in [-0.2, 0) is 13.1 Å². The zero-order valence-corrected chi connectivity index (χ0v) is 16.3. The molecule has 2 heterocycles. The van der Waals surface area contributed by atoms with Gasteiger partial charge in [0.2, 0.25) is 0 Å². The van der Waals surface area contributed by atoms with E-state index in [1.807, 2.05) is 31.3 Å². The molecule has 0 radical (unpaired) electrons. The number of aliphatic hydroxyl groups excluding tert-OH is 1. The summed E-state index contributed by atoms with van der Waals surface area (Å²) >= 11 is 0. The van der Waals surface area contributed by atoms with Crippen molar-refractivity contribution in [3.8, 4) is 0 Å². The largest absolute Gasteiger partial charge is 0.389 e. The van der Waals surface area contributed by atoms with E-state index in [2.05, 4.69) is 58.4 Å². The van der Waals surface area contributed by atoms with Gasteiger partial charge < -0.3 is 15.0 Å².